The highest BCUT2D eigenvalue weighted by Crippen LogP contribution is 2.33. The second-order valence-corrected chi connectivity index (χ2v) is 6.06. The zero-order valence-electron chi connectivity index (χ0n) is 7.53. The number of hydrogen-bond acceptors (Lipinski definition) is 3. The summed E-state index contributed by atoms with van der Waals surface area (Å²) in [7, 11) is 0. The molecule has 2 aromatic heterocycles. The third kappa shape index (κ3) is 2.01. The average Bonchev–Trinajstić information content (AvgIpc) is 2.73. The van der Waals surface area contributed by atoms with Crippen molar-refractivity contribution < 1.29 is 5.11 Å². The van der Waals surface area contributed by atoms with Crippen LogP contribution in [-0.2, 0) is 0 Å². The first kappa shape index (κ1) is 10.2. The molecular formula is C10H9ClOS2. The summed E-state index contributed by atoms with van der Waals surface area (Å²) in [6.45, 7) is 2.03. The van der Waals surface area contributed by atoms with E-state index in [1.54, 1.807) is 11.3 Å². The van der Waals surface area contributed by atoms with Gasteiger partial charge in [-0.15, -0.1) is 22.7 Å². The number of aliphatic hydroxyl groups is 1. The number of aryl methyl sites for hydroxylation is 1. The van der Waals surface area contributed by atoms with Crippen molar-refractivity contribution in [1.29, 1.82) is 0 Å². The molecule has 74 valence electrons. The summed E-state index contributed by atoms with van der Waals surface area (Å²) < 4.78 is 0.715. The molecule has 0 spiro atoms. The van der Waals surface area contributed by atoms with Gasteiger partial charge in [-0.3, -0.25) is 0 Å². The molecule has 14 heavy (non-hydrogen) atoms. The van der Waals surface area contributed by atoms with E-state index in [9.17, 15) is 5.11 Å². The predicted octanol–water partition coefficient (Wildman–Crippen LogP) is 3.85. The summed E-state index contributed by atoms with van der Waals surface area (Å²) in [4.78, 5) is 3.08. The van der Waals surface area contributed by atoms with Gasteiger partial charge in [0.2, 0.25) is 0 Å². The highest BCUT2D eigenvalue weighted by molar-refractivity contribution is 7.16. The minimum absolute atomic E-state index is 0.522. The second kappa shape index (κ2) is 4.03. The summed E-state index contributed by atoms with van der Waals surface area (Å²) in [5.74, 6) is 0. The van der Waals surface area contributed by atoms with E-state index in [1.165, 1.54) is 16.2 Å². The van der Waals surface area contributed by atoms with Crippen LogP contribution < -0.4 is 0 Å². The number of hydrogen-bond donors (Lipinski definition) is 1. The minimum atomic E-state index is -0.522. The van der Waals surface area contributed by atoms with Crippen LogP contribution in [-0.4, -0.2) is 5.11 Å². The lowest BCUT2D eigenvalue weighted by Gasteiger charge is -2.04. The SMILES string of the molecule is Cc1ccc([C@@H](O)c2ccc(Cl)s2)s1. The highest BCUT2D eigenvalue weighted by Gasteiger charge is 2.14. The molecule has 0 bridgehead atoms. The molecule has 4 heteroatoms. The van der Waals surface area contributed by atoms with E-state index in [0.717, 1.165) is 9.75 Å². The first-order valence-electron chi connectivity index (χ1n) is 4.16. The maximum atomic E-state index is 9.98. The van der Waals surface area contributed by atoms with Crippen LogP contribution in [0, 0.1) is 6.92 Å². The van der Waals surface area contributed by atoms with E-state index >= 15 is 0 Å². The van der Waals surface area contributed by atoms with Gasteiger partial charge in [-0.2, -0.15) is 0 Å². The molecule has 1 nitrogen and oxygen atoms in total. The Bertz CT molecular complexity index is 393. The molecule has 0 radical (unpaired) electrons. The first-order valence-corrected chi connectivity index (χ1v) is 6.17. The molecule has 0 saturated heterocycles. The predicted molar refractivity (Wildman–Crippen MR) is 62.4 cm³/mol. The summed E-state index contributed by atoms with van der Waals surface area (Å²) in [6, 6.07) is 7.65. The van der Waals surface area contributed by atoms with Crippen molar-refractivity contribution >= 4 is 34.3 Å². The molecule has 0 aliphatic heterocycles. The molecule has 0 aliphatic rings. The van der Waals surface area contributed by atoms with E-state index < -0.39 is 6.10 Å². The fourth-order valence-electron chi connectivity index (χ4n) is 1.22. The molecule has 0 fully saturated rings. The topological polar surface area (TPSA) is 20.2 Å². The molecule has 2 aromatic rings. The summed E-state index contributed by atoms with van der Waals surface area (Å²) in [5.41, 5.74) is 0. The van der Waals surface area contributed by atoms with Crippen molar-refractivity contribution in [2.45, 2.75) is 13.0 Å². The van der Waals surface area contributed by atoms with Crippen molar-refractivity contribution in [2.24, 2.45) is 0 Å². The van der Waals surface area contributed by atoms with Gasteiger partial charge >= 0.3 is 0 Å². The average molecular weight is 245 g/mol. The fraction of sp³-hybridized carbons (Fsp3) is 0.200. The Kier molecular flexibility index (Phi) is 2.93. The van der Waals surface area contributed by atoms with E-state index in [0.29, 0.717) is 4.34 Å². The Balaban J connectivity index is 2.28. The Morgan fingerprint density at radius 2 is 1.79 bits per heavy atom. The van der Waals surface area contributed by atoms with Crippen molar-refractivity contribution in [1.82, 2.24) is 0 Å². The molecule has 0 aliphatic carbocycles. The van der Waals surface area contributed by atoms with Crippen LogP contribution in [0.3, 0.4) is 0 Å². The molecule has 2 rings (SSSR count). The van der Waals surface area contributed by atoms with Gasteiger partial charge in [0, 0.05) is 14.6 Å². The number of halogens is 1. The van der Waals surface area contributed by atoms with Crippen LogP contribution in [0.5, 0.6) is 0 Å². The molecule has 1 N–H and O–H groups in total. The Morgan fingerprint density at radius 1 is 1.14 bits per heavy atom. The largest absolute Gasteiger partial charge is 0.382 e. The van der Waals surface area contributed by atoms with Gasteiger partial charge in [-0.1, -0.05) is 11.6 Å². The van der Waals surface area contributed by atoms with E-state index in [2.05, 4.69) is 0 Å². The van der Waals surface area contributed by atoms with Crippen LogP contribution in [0.4, 0.5) is 0 Å². The molecule has 0 saturated carbocycles. The van der Waals surface area contributed by atoms with Crippen LogP contribution in [0.2, 0.25) is 4.34 Å². The summed E-state index contributed by atoms with van der Waals surface area (Å²) in [6.07, 6.45) is -0.522. The lowest BCUT2D eigenvalue weighted by atomic mass is 10.2. The molecule has 0 aromatic carbocycles. The van der Waals surface area contributed by atoms with Crippen LogP contribution in [0.25, 0.3) is 0 Å². The van der Waals surface area contributed by atoms with Gasteiger partial charge in [-0.05, 0) is 31.2 Å². The molecular weight excluding hydrogens is 236 g/mol. The van der Waals surface area contributed by atoms with Gasteiger partial charge in [0.1, 0.15) is 6.10 Å². The number of thiophene rings is 2. The first-order chi connectivity index (χ1) is 6.66. The normalized spacial score (nSPS) is 13.1. The summed E-state index contributed by atoms with van der Waals surface area (Å²) >= 11 is 8.84. The number of rotatable bonds is 2. The molecule has 1 atom stereocenters. The van der Waals surface area contributed by atoms with Crippen LogP contribution >= 0.6 is 34.3 Å². The Morgan fingerprint density at radius 3 is 2.29 bits per heavy atom. The van der Waals surface area contributed by atoms with E-state index in [1.807, 2.05) is 31.2 Å². The van der Waals surface area contributed by atoms with Gasteiger partial charge in [0.05, 0.1) is 4.34 Å². The zero-order valence-corrected chi connectivity index (χ0v) is 9.92. The summed E-state index contributed by atoms with van der Waals surface area (Å²) in [5, 5.41) is 9.98. The maximum Gasteiger partial charge on any atom is 0.122 e. The monoisotopic (exact) mass is 244 g/mol. The minimum Gasteiger partial charge on any atom is -0.382 e. The molecule has 2 heterocycles. The van der Waals surface area contributed by atoms with Crippen molar-refractivity contribution in [2.75, 3.05) is 0 Å². The molecule has 0 amide bonds. The van der Waals surface area contributed by atoms with Crippen molar-refractivity contribution in [3.63, 3.8) is 0 Å². The van der Waals surface area contributed by atoms with Crippen LogP contribution in [0.1, 0.15) is 20.7 Å². The third-order valence-corrected chi connectivity index (χ3v) is 4.23. The standard InChI is InChI=1S/C10H9ClOS2/c1-6-2-3-7(13-6)10(12)8-4-5-9(11)14-8/h2-5,10,12H,1H3/t10-/m1/s1. The quantitative estimate of drug-likeness (QED) is 0.851. The van der Waals surface area contributed by atoms with Crippen molar-refractivity contribution in [3.8, 4) is 0 Å². The number of aliphatic hydroxyl groups excluding tert-OH is 1. The zero-order chi connectivity index (χ0) is 10.1. The lowest BCUT2D eigenvalue weighted by Crippen LogP contribution is -1.92. The van der Waals surface area contributed by atoms with Crippen LogP contribution in [0.15, 0.2) is 24.3 Å². The van der Waals surface area contributed by atoms with E-state index in [4.69, 9.17) is 11.6 Å². The van der Waals surface area contributed by atoms with Gasteiger partial charge < -0.3 is 5.11 Å². The van der Waals surface area contributed by atoms with E-state index in [-0.39, 0.29) is 0 Å². The Hall–Kier alpha value is -0.350. The third-order valence-electron chi connectivity index (χ3n) is 1.89. The molecule has 0 unspecified atom stereocenters. The smallest absolute Gasteiger partial charge is 0.122 e. The van der Waals surface area contributed by atoms with Gasteiger partial charge in [0.25, 0.3) is 0 Å². The lowest BCUT2D eigenvalue weighted by molar-refractivity contribution is 0.228. The van der Waals surface area contributed by atoms with Crippen molar-refractivity contribution in [3.05, 3.63) is 43.2 Å². The van der Waals surface area contributed by atoms with Gasteiger partial charge in [0.15, 0.2) is 0 Å². The fourth-order valence-corrected chi connectivity index (χ4v) is 3.24. The Labute approximate surface area is 95.6 Å². The highest BCUT2D eigenvalue weighted by atomic mass is 35.5. The van der Waals surface area contributed by atoms with Gasteiger partial charge in [-0.25, -0.2) is 0 Å². The maximum absolute atomic E-state index is 9.98. The second-order valence-electron chi connectivity index (χ2n) is 2.99.